The standard InChI is InChI=1S/C18H23N3O3/c1-3-16-19-8-10-21(16)9-7-17(22)20-14-11-13-5-4-6-15(23-2)18(13)24-12-14/h4-6,8,10,14H,3,7,9,11-12H2,1-2H3,(H,20,22). The van der Waals surface area contributed by atoms with Crippen LogP contribution < -0.4 is 14.8 Å². The molecule has 24 heavy (non-hydrogen) atoms. The molecule has 1 N–H and O–H groups in total. The third-order valence-corrected chi connectivity index (χ3v) is 4.24. The number of hydrogen-bond donors (Lipinski definition) is 1. The quantitative estimate of drug-likeness (QED) is 0.880. The lowest BCUT2D eigenvalue weighted by Gasteiger charge is -2.27. The smallest absolute Gasteiger partial charge is 0.222 e. The Hall–Kier alpha value is -2.50. The second-order valence-corrected chi connectivity index (χ2v) is 5.87. The van der Waals surface area contributed by atoms with Crippen LogP contribution in [0.1, 0.15) is 24.7 Å². The van der Waals surface area contributed by atoms with Crippen LogP contribution in [0.5, 0.6) is 11.5 Å². The maximum Gasteiger partial charge on any atom is 0.222 e. The number of rotatable bonds is 6. The number of para-hydroxylation sites is 1. The maximum atomic E-state index is 12.2. The molecule has 0 saturated carbocycles. The van der Waals surface area contributed by atoms with Crippen molar-refractivity contribution in [3.63, 3.8) is 0 Å². The maximum absolute atomic E-state index is 12.2. The highest BCUT2D eigenvalue weighted by Gasteiger charge is 2.23. The number of imidazole rings is 1. The zero-order chi connectivity index (χ0) is 16.9. The molecular weight excluding hydrogens is 306 g/mol. The van der Waals surface area contributed by atoms with Crippen molar-refractivity contribution >= 4 is 5.91 Å². The molecule has 2 aromatic rings. The molecule has 2 heterocycles. The van der Waals surface area contributed by atoms with E-state index < -0.39 is 0 Å². The number of carbonyl (C=O) groups excluding carboxylic acids is 1. The molecule has 1 atom stereocenters. The summed E-state index contributed by atoms with van der Waals surface area (Å²) < 4.78 is 13.1. The van der Waals surface area contributed by atoms with Crippen molar-refractivity contribution in [1.82, 2.24) is 14.9 Å². The number of carbonyl (C=O) groups is 1. The van der Waals surface area contributed by atoms with Crippen molar-refractivity contribution in [2.24, 2.45) is 0 Å². The van der Waals surface area contributed by atoms with Gasteiger partial charge in [0.1, 0.15) is 12.4 Å². The SMILES string of the molecule is CCc1nccn1CCC(=O)NC1COc2c(cccc2OC)C1. The second-order valence-electron chi connectivity index (χ2n) is 5.87. The summed E-state index contributed by atoms with van der Waals surface area (Å²) in [6, 6.07) is 5.82. The number of aryl methyl sites for hydroxylation is 2. The fourth-order valence-corrected chi connectivity index (χ4v) is 3.03. The van der Waals surface area contributed by atoms with Gasteiger partial charge in [0.15, 0.2) is 11.5 Å². The molecule has 0 bridgehead atoms. The average molecular weight is 329 g/mol. The van der Waals surface area contributed by atoms with Crippen LogP contribution in [0.3, 0.4) is 0 Å². The number of amides is 1. The summed E-state index contributed by atoms with van der Waals surface area (Å²) in [5, 5.41) is 3.06. The predicted molar refractivity (Wildman–Crippen MR) is 90.3 cm³/mol. The van der Waals surface area contributed by atoms with Crippen LogP contribution in [-0.2, 0) is 24.2 Å². The molecule has 1 unspecified atom stereocenters. The lowest BCUT2D eigenvalue weighted by molar-refractivity contribution is -0.122. The Morgan fingerprint density at radius 3 is 3.17 bits per heavy atom. The molecule has 6 heteroatoms. The first-order valence-electron chi connectivity index (χ1n) is 8.29. The first-order chi connectivity index (χ1) is 11.7. The Morgan fingerprint density at radius 1 is 1.50 bits per heavy atom. The van der Waals surface area contributed by atoms with E-state index in [0.717, 1.165) is 35.7 Å². The van der Waals surface area contributed by atoms with Crippen LogP contribution >= 0.6 is 0 Å². The van der Waals surface area contributed by atoms with Gasteiger partial charge < -0.3 is 19.4 Å². The summed E-state index contributed by atoms with van der Waals surface area (Å²) >= 11 is 0. The molecule has 128 valence electrons. The summed E-state index contributed by atoms with van der Waals surface area (Å²) in [6.45, 7) is 3.17. The molecule has 0 radical (unpaired) electrons. The highest BCUT2D eigenvalue weighted by Crippen LogP contribution is 2.34. The monoisotopic (exact) mass is 329 g/mol. The molecule has 1 aliphatic rings. The minimum absolute atomic E-state index is 0.00876. The molecule has 0 fully saturated rings. The van der Waals surface area contributed by atoms with Gasteiger partial charge in [-0.2, -0.15) is 0 Å². The number of methoxy groups -OCH3 is 1. The van der Waals surface area contributed by atoms with Crippen molar-refractivity contribution in [3.05, 3.63) is 42.0 Å². The molecule has 1 aromatic heterocycles. The van der Waals surface area contributed by atoms with Gasteiger partial charge in [-0.25, -0.2) is 4.98 Å². The van der Waals surface area contributed by atoms with Gasteiger partial charge in [0.25, 0.3) is 0 Å². The second kappa shape index (κ2) is 7.38. The zero-order valence-corrected chi connectivity index (χ0v) is 14.1. The molecule has 3 rings (SSSR count). The van der Waals surface area contributed by atoms with E-state index >= 15 is 0 Å². The summed E-state index contributed by atoms with van der Waals surface area (Å²) in [5.41, 5.74) is 1.06. The van der Waals surface area contributed by atoms with Crippen LogP contribution in [0.2, 0.25) is 0 Å². The molecule has 0 aliphatic carbocycles. The molecule has 0 spiro atoms. The van der Waals surface area contributed by atoms with Crippen molar-refractivity contribution in [2.75, 3.05) is 13.7 Å². The van der Waals surface area contributed by atoms with Gasteiger partial charge in [-0.3, -0.25) is 4.79 Å². The van der Waals surface area contributed by atoms with E-state index in [9.17, 15) is 4.79 Å². The normalized spacial score (nSPS) is 16.2. The van der Waals surface area contributed by atoms with Crippen LogP contribution in [0.25, 0.3) is 0 Å². The van der Waals surface area contributed by atoms with Gasteiger partial charge in [0.05, 0.1) is 13.2 Å². The van der Waals surface area contributed by atoms with Crippen molar-refractivity contribution in [1.29, 1.82) is 0 Å². The fraction of sp³-hybridized carbons (Fsp3) is 0.444. The van der Waals surface area contributed by atoms with E-state index in [1.807, 2.05) is 29.0 Å². The Morgan fingerprint density at radius 2 is 2.38 bits per heavy atom. The zero-order valence-electron chi connectivity index (χ0n) is 14.1. The van der Waals surface area contributed by atoms with Crippen LogP contribution in [0.15, 0.2) is 30.6 Å². The van der Waals surface area contributed by atoms with Crippen LogP contribution in [0, 0.1) is 0 Å². The number of aromatic nitrogens is 2. The van der Waals surface area contributed by atoms with Gasteiger partial charge in [-0.15, -0.1) is 0 Å². The first-order valence-corrected chi connectivity index (χ1v) is 8.29. The van der Waals surface area contributed by atoms with Gasteiger partial charge in [-0.05, 0) is 12.5 Å². The molecule has 1 aromatic carbocycles. The molecule has 6 nitrogen and oxygen atoms in total. The molecule has 0 saturated heterocycles. The number of ether oxygens (including phenoxy) is 2. The Balaban J connectivity index is 1.54. The molecule has 1 amide bonds. The number of nitrogens with zero attached hydrogens (tertiary/aromatic N) is 2. The third kappa shape index (κ3) is 3.53. The topological polar surface area (TPSA) is 65.4 Å². The summed E-state index contributed by atoms with van der Waals surface area (Å²) in [6.07, 6.45) is 5.74. The lowest BCUT2D eigenvalue weighted by atomic mass is 10.0. The summed E-state index contributed by atoms with van der Waals surface area (Å²) in [5.74, 6) is 2.57. The third-order valence-electron chi connectivity index (χ3n) is 4.24. The Labute approximate surface area is 141 Å². The number of fused-ring (bicyclic) bond motifs is 1. The van der Waals surface area contributed by atoms with Crippen LogP contribution in [0.4, 0.5) is 0 Å². The van der Waals surface area contributed by atoms with E-state index in [2.05, 4.69) is 17.2 Å². The predicted octanol–water partition coefficient (Wildman–Crippen LogP) is 1.96. The van der Waals surface area contributed by atoms with Gasteiger partial charge in [0.2, 0.25) is 5.91 Å². The van der Waals surface area contributed by atoms with E-state index in [0.29, 0.717) is 19.6 Å². The highest BCUT2D eigenvalue weighted by atomic mass is 16.5. The minimum atomic E-state index is -0.00876. The number of hydrogen-bond acceptors (Lipinski definition) is 4. The van der Waals surface area contributed by atoms with E-state index in [1.165, 1.54) is 0 Å². The van der Waals surface area contributed by atoms with E-state index in [-0.39, 0.29) is 11.9 Å². The molecule has 1 aliphatic heterocycles. The first kappa shape index (κ1) is 16.4. The van der Waals surface area contributed by atoms with Crippen molar-refractivity contribution in [2.45, 2.75) is 38.8 Å². The number of nitrogens with one attached hydrogen (secondary N) is 1. The molecular formula is C18H23N3O3. The van der Waals surface area contributed by atoms with Gasteiger partial charge in [0, 0.05) is 37.3 Å². The lowest BCUT2D eigenvalue weighted by Crippen LogP contribution is -2.43. The van der Waals surface area contributed by atoms with E-state index in [4.69, 9.17) is 9.47 Å². The minimum Gasteiger partial charge on any atom is -0.493 e. The van der Waals surface area contributed by atoms with Crippen molar-refractivity contribution in [3.8, 4) is 11.5 Å². The average Bonchev–Trinajstić information content (AvgIpc) is 3.06. The highest BCUT2D eigenvalue weighted by molar-refractivity contribution is 5.76. The largest absolute Gasteiger partial charge is 0.493 e. The Bertz CT molecular complexity index is 711. The Kier molecular flexibility index (Phi) is 5.03. The summed E-state index contributed by atoms with van der Waals surface area (Å²) in [4.78, 5) is 16.5. The van der Waals surface area contributed by atoms with Gasteiger partial charge in [-0.1, -0.05) is 19.1 Å². The van der Waals surface area contributed by atoms with E-state index in [1.54, 1.807) is 13.3 Å². The van der Waals surface area contributed by atoms with Crippen molar-refractivity contribution < 1.29 is 14.3 Å². The fourth-order valence-electron chi connectivity index (χ4n) is 3.03. The number of benzene rings is 1. The van der Waals surface area contributed by atoms with Gasteiger partial charge >= 0.3 is 0 Å². The van der Waals surface area contributed by atoms with Crippen LogP contribution in [-0.4, -0.2) is 35.2 Å². The summed E-state index contributed by atoms with van der Waals surface area (Å²) in [7, 11) is 1.63.